The van der Waals surface area contributed by atoms with E-state index >= 15 is 0 Å². The quantitative estimate of drug-likeness (QED) is 0.894. The standard InChI is InChI=1S/C13H17ClN2O/c1-9-6-12(14)3-2-10(9)7-16-5-4-11(8-16)13(15)17/h2-3,6,11H,4-5,7-8H2,1H3,(H2,15,17)/t11-/m1/s1. The van der Waals surface area contributed by atoms with Crippen molar-refractivity contribution in [1.82, 2.24) is 4.90 Å². The molecular formula is C13H17ClN2O. The Morgan fingerprint density at radius 3 is 2.94 bits per heavy atom. The molecule has 4 heteroatoms. The highest BCUT2D eigenvalue weighted by molar-refractivity contribution is 6.30. The number of aryl methyl sites for hydroxylation is 1. The zero-order valence-electron chi connectivity index (χ0n) is 9.95. The van der Waals surface area contributed by atoms with Crippen LogP contribution in [0.15, 0.2) is 18.2 Å². The van der Waals surface area contributed by atoms with Gasteiger partial charge in [-0.15, -0.1) is 0 Å². The lowest BCUT2D eigenvalue weighted by Crippen LogP contribution is -2.27. The highest BCUT2D eigenvalue weighted by atomic mass is 35.5. The Morgan fingerprint density at radius 2 is 2.35 bits per heavy atom. The normalized spacial score (nSPS) is 20.7. The highest BCUT2D eigenvalue weighted by Gasteiger charge is 2.26. The molecule has 1 atom stereocenters. The van der Waals surface area contributed by atoms with Crippen molar-refractivity contribution in [2.75, 3.05) is 13.1 Å². The van der Waals surface area contributed by atoms with Gasteiger partial charge >= 0.3 is 0 Å². The van der Waals surface area contributed by atoms with Gasteiger partial charge in [0.15, 0.2) is 0 Å². The minimum Gasteiger partial charge on any atom is -0.369 e. The lowest BCUT2D eigenvalue weighted by atomic mass is 10.1. The summed E-state index contributed by atoms with van der Waals surface area (Å²) in [6.45, 7) is 4.64. The topological polar surface area (TPSA) is 46.3 Å². The van der Waals surface area contributed by atoms with E-state index in [1.165, 1.54) is 11.1 Å². The molecule has 0 spiro atoms. The molecule has 1 aliphatic rings. The third-order valence-corrected chi connectivity index (χ3v) is 3.61. The van der Waals surface area contributed by atoms with Gasteiger partial charge in [-0.25, -0.2) is 0 Å². The van der Waals surface area contributed by atoms with Crippen molar-refractivity contribution in [1.29, 1.82) is 0 Å². The molecule has 1 aliphatic heterocycles. The number of hydrogen-bond donors (Lipinski definition) is 1. The Hall–Kier alpha value is -1.06. The fraction of sp³-hybridized carbons (Fsp3) is 0.462. The van der Waals surface area contributed by atoms with Gasteiger partial charge in [0.2, 0.25) is 5.91 Å². The monoisotopic (exact) mass is 252 g/mol. The minimum atomic E-state index is -0.180. The summed E-state index contributed by atoms with van der Waals surface area (Å²) in [5.41, 5.74) is 7.78. The first-order valence-electron chi connectivity index (χ1n) is 5.83. The fourth-order valence-corrected chi connectivity index (χ4v) is 2.51. The number of amides is 1. The van der Waals surface area contributed by atoms with E-state index in [0.29, 0.717) is 0 Å². The van der Waals surface area contributed by atoms with Crippen molar-refractivity contribution >= 4 is 17.5 Å². The van der Waals surface area contributed by atoms with Gasteiger partial charge in [0.1, 0.15) is 0 Å². The van der Waals surface area contributed by atoms with Crippen LogP contribution in [0.1, 0.15) is 17.5 Å². The first kappa shape index (κ1) is 12.4. The average Bonchev–Trinajstić information content (AvgIpc) is 2.71. The van der Waals surface area contributed by atoms with Crippen LogP contribution in [0.3, 0.4) is 0 Å². The van der Waals surface area contributed by atoms with E-state index < -0.39 is 0 Å². The molecule has 17 heavy (non-hydrogen) atoms. The molecule has 1 aromatic rings. The summed E-state index contributed by atoms with van der Waals surface area (Å²) in [5.74, 6) is -0.164. The summed E-state index contributed by atoms with van der Waals surface area (Å²) in [6, 6.07) is 5.93. The van der Waals surface area contributed by atoms with E-state index in [-0.39, 0.29) is 11.8 Å². The van der Waals surface area contributed by atoms with Crippen LogP contribution >= 0.6 is 11.6 Å². The molecule has 0 radical (unpaired) electrons. The average molecular weight is 253 g/mol. The molecule has 1 aromatic carbocycles. The van der Waals surface area contributed by atoms with Crippen molar-refractivity contribution in [3.05, 3.63) is 34.3 Å². The molecule has 1 fully saturated rings. The van der Waals surface area contributed by atoms with Crippen molar-refractivity contribution in [2.24, 2.45) is 11.7 Å². The lowest BCUT2D eigenvalue weighted by molar-refractivity contribution is -0.121. The van der Waals surface area contributed by atoms with Crippen LogP contribution in [0, 0.1) is 12.8 Å². The molecule has 2 N–H and O–H groups in total. The lowest BCUT2D eigenvalue weighted by Gasteiger charge is -2.17. The summed E-state index contributed by atoms with van der Waals surface area (Å²) in [6.07, 6.45) is 0.877. The molecule has 1 amide bonds. The number of nitrogens with two attached hydrogens (primary N) is 1. The Labute approximate surface area is 107 Å². The predicted octanol–water partition coefficient (Wildman–Crippen LogP) is 1.96. The van der Waals surface area contributed by atoms with Crippen LogP contribution < -0.4 is 5.73 Å². The second-order valence-corrected chi connectivity index (χ2v) is 5.13. The number of primary amides is 1. The maximum atomic E-state index is 11.1. The van der Waals surface area contributed by atoms with Crippen LogP contribution in [-0.2, 0) is 11.3 Å². The van der Waals surface area contributed by atoms with Crippen molar-refractivity contribution in [2.45, 2.75) is 19.9 Å². The second kappa shape index (κ2) is 5.07. The Balaban J connectivity index is 2.00. The second-order valence-electron chi connectivity index (χ2n) is 4.69. The van der Waals surface area contributed by atoms with Gasteiger partial charge in [0.25, 0.3) is 0 Å². The summed E-state index contributed by atoms with van der Waals surface area (Å²) >= 11 is 5.92. The Bertz CT molecular complexity index is 433. The van der Waals surface area contributed by atoms with Crippen LogP contribution in [0.25, 0.3) is 0 Å². The number of benzene rings is 1. The van der Waals surface area contributed by atoms with E-state index in [1.54, 1.807) is 0 Å². The maximum Gasteiger partial charge on any atom is 0.221 e. The smallest absolute Gasteiger partial charge is 0.221 e. The molecule has 0 unspecified atom stereocenters. The molecule has 0 saturated carbocycles. The third-order valence-electron chi connectivity index (χ3n) is 3.37. The largest absolute Gasteiger partial charge is 0.369 e. The van der Waals surface area contributed by atoms with Gasteiger partial charge in [-0.3, -0.25) is 9.69 Å². The third kappa shape index (κ3) is 2.99. The van der Waals surface area contributed by atoms with Gasteiger partial charge in [-0.05, 0) is 43.1 Å². The van der Waals surface area contributed by atoms with Gasteiger partial charge in [-0.1, -0.05) is 17.7 Å². The number of carbonyl (C=O) groups excluding carboxylic acids is 1. The fourth-order valence-electron chi connectivity index (χ4n) is 2.29. The molecule has 3 nitrogen and oxygen atoms in total. The maximum absolute atomic E-state index is 11.1. The Morgan fingerprint density at radius 1 is 1.59 bits per heavy atom. The number of rotatable bonds is 3. The number of likely N-dealkylation sites (tertiary alicyclic amines) is 1. The summed E-state index contributed by atoms with van der Waals surface area (Å²) in [4.78, 5) is 13.4. The van der Waals surface area contributed by atoms with Crippen molar-refractivity contribution in [3.63, 3.8) is 0 Å². The first-order valence-corrected chi connectivity index (χ1v) is 6.21. The minimum absolute atomic E-state index is 0.0163. The van der Waals surface area contributed by atoms with Crippen LogP contribution in [-0.4, -0.2) is 23.9 Å². The molecule has 0 aromatic heterocycles. The van der Waals surface area contributed by atoms with Crippen molar-refractivity contribution < 1.29 is 4.79 Å². The SMILES string of the molecule is Cc1cc(Cl)ccc1CN1CC[C@@H](C(N)=O)C1. The van der Waals surface area contributed by atoms with Crippen LogP contribution in [0.5, 0.6) is 0 Å². The summed E-state index contributed by atoms with van der Waals surface area (Å²) < 4.78 is 0. The predicted molar refractivity (Wildman–Crippen MR) is 68.8 cm³/mol. The van der Waals surface area contributed by atoms with Gasteiger partial charge in [-0.2, -0.15) is 0 Å². The summed E-state index contributed by atoms with van der Waals surface area (Å²) in [5, 5.41) is 0.766. The van der Waals surface area contributed by atoms with Gasteiger partial charge < -0.3 is 5.73 Å². The zero-order chi connectivity index (χ0) is 12.4. The van der Waals surface area contributed by atoms with Crippen molar-refractivity contribution in [3.8, 4) is 0 Å². The number of halogens is 1. The van der Waals surface area contributed by atoms with Gasteiger partial charge in [0.05, 0.1) is 5.92 Å². The molecule has 2 rings (SSSR count). The molecule has 92 valence electrons. The van der Waals surface area contributed by atoms with Crippen LogP contribution in [0.4, 0.5) is 0 Å². The number of hydrogen-bond acceptors (Lipinski definition) is 2. The van der Waals surface area contributed by atoms with E-state index in [1.807, 2.05) is 12.1 Å². The van der Waals surface area contributed by atoms with E-state index in [2.05, 4.69) is 17.9 Å². The van der Waals surface area contributed by atoms with Gasteiger partial charge in [0, 0.05) is 18.1 Å². The molecular weight excluding hydrogens is 236 g/mol. The molecule has 1 heterocycles. The Kier molecular flexibility index (Phi) is 3.69. The number of carbonyl (C=O) groups is 1. The zero-order valence-corrected chi connectivity index (χ0v) is 10.7. The van der Waals surface area contributed by atoms with Crippen LogP contribution in [0.2, 0.25) is 5.02 Å². The molecule has 0 aliphatic carbocycles. The first-order chi connectivity index (χ1) is 8.06. The summed E-state index contributed by atoms with van der Waals surface area (Å²) in [7, 11) is 0. The molecule has 0 bridgehead atoms. The van der Waals surface area contributed by atoms with E-state index in [0.717, 1.165) is 31.1 Å². The van der Waals surface area contributed by atoms with E-state index in [4.69, 9.17) is 17.3 Å². The number of nitrogens with zero attached hydrogens (tertiary/aromatic N) is 1. The molecule has 1 saturated heterocycles. The highest BCUT2D eigenvalue weighted by Crippen LogP contribution is 2.21. The van der Waals surface area contributed by atoms with E-state index in [9.17, 15) is 4.79 Å².